The lowest BCUT2D eigenvalue weighted by atomic mass is 10.3. The zero-order chi connectivity index (χ0) is 21.3. The summed E-state index contributed by atoms with van der Waals surface area (Å²) in [6.45, 7) is 1.57. The van der Waals surface area contributed by atoms with Crippen molar-refractivity contribution in [2.24, 2.45) is 0 Å². The minimum Gasteiger partial charge on any atom is -0.343 e. The van der Waals surface area contributed by atoms with Crippen LogP contribution in [-0.4, -0.2) is 44.4 Å². The van der Waals surface area contributed by atoms with Gasteiger partial charge in [0.2, 0.25) is 11.9 Å². The summed E-state index contributed by atoms with van der Waals surface area (Å²) in [5, 5.41) is 3.79. The molecule has 0 saturated heterocycles. The van der Waals surface area contributed by atoms with E-state index in [1.165, 1.54) is 6.07 Å². The third kappa shape index (κ3) is 5.81. The second-order valence-electron chi connectivity index (χ2n) is 5.40. The number of pyridine rings is 1. The van der Waals surface area contributed by atoms with Crippen LogP contribution in [-0.2, 0) is 0 Å². The number of nitrogens with one attached hydrogen (secondary N) is 2. The van der Waals surface area contributed by atoms with Crippen LogP contribution in [0.5, 0.6) is 0 Å². The van der Waals surface area contributed by atoms with E-state index in [1.807, 2.05) is 10.6 Å². The highest BCUT2D eigenvalue weighted by molar-refractivity contribution is 6.29. The summed E-state index contributed by atoms with van der Waals surface area (Å²) < 4.78 is 84.3. The van der Waals surface area contributed by atoms with Crippen LogP contribution in [0.25, 0.3) is 11.5 Å². The molecule has 2 unspecified atom stereocenters. The van der Waals surface area contributed by atoms with Gasteiger partial charge in [-0.1, -0.05) is 17.6 Å². The maximum Gasteiger partial charge on any atom is 0.408 e. The largest absolute Gasteiger partial charge is 0.408 e. The topological polar surface area (TPSA) is 75.6 Å². The Morgan fingerprint density at radius 2 is 1.37 bits per heavy atom. The molecule has 148 valence electrons. The van der Waals surface area contributed by atoms with Crippen LogP contribution in [0, 0.1) is 0 Å². The molecule has 0 spiro atoms. The van der Waals surface area contributed by atoms with Gasteiger partial charge >= 0.3 is 12.4 Å². The van der Waals surface area contributed by atoms with E-state index < -0.39 is 36.3 Å². The van der Waals surface area contributed by atoms with Crippen LogP contribution in [0.1, 0.15) is 15.2 Å². The minimum atomic E-state index is -4.65. The van der Waals surface area contributed by atoms with E-state index in [0.29, 0.717) is 0 Å². The fourth-order valence-corrected chi connectivity index (χ4v) is 1.81. The molecule has 2 aromatic rings. The number of hydrogen-bond donors (Lipinski definition) is 2. The smallest absolute Gasteiger partial charge is 0.343 e. The molecule has 2 N–H and O–H groups in total. The number of rotatable bonds is 5. The first kappa shape index (κ1) is 19.4. The average Bonchev–Trinajstić information content (AvgIpc) is 2.51. The Hall–Kier alpha value is -2.37. The van der Waals surface area contributed by atoms with Crippen LogP contribution >= 0.6 is 11.6 Å². The van der Waals surface area contributed by atoms with Gasteiger partial charge in [-0.2, -0.15) is 41.3 Å². The van der Waals surface area contributed by atoms with Gasteiger partial charge in [0.25, 0.3) is 0 Å². The number of halogens is 7. The Kier molecular flexibility index (Phi) is 5.53. The predicted octanol–water partition coefficient (Wildman–Crippen LogP) is 4.31. The molecule has 0 aliphatic heterocycles. The van der Waals surface area contributed by atoms with E-state index in [-0.39, 0.29) is 22.7 Å². The lowest BCUT2D eigenvalue weighted by Crippen LogP contribution is -2.35. The van der Waals surface area contributed by atoms with Crippen LogP contribution in [0.2, 0.25) is 5.15 Å². The van der Waals surface area contributed by atoms with E-state index in [1.54, 1.807) is 0 Å². The van der Waals surface area contributed by atoms with Crippen molar-refractivity contribution in [3.8, 4) is 11.5 Å². The van der Waals surface area contributed by atoms with Crippen molar-refractivity contribution in [2.75, 3.05) is 10.6 Å². The van der Waals surface area contributed by atoms with Gasteiger partial charge in [-0.15, -0.1) is 0 Å². The Morgan fingerprint density at radius 1 is 0.889 bits per heavy atom. The normalized spacial score (nSPS) is 15.1. The summed E-state index contributed by atoms with van der Waals surface area (Å²) in [7, 11) is 0. The molecule has 0 radical (unpaired) electrons. The molecule has 0 fully saturated rings. The lowest BCUT2D eigenvalue weighted by Gasteiger charge is -2.20. The molecule has 2 aromatic heterocycles. The van der Waals surface area contributed by atoms with Crippen LogP contribution in [0.4, 0.5) is 38.2 Å². The van der Waals surface area contributed by atoms with Gasteiger partial charge in [0.05, 0.1) is 1.37 Å². The van der Waals surface area contributed by atoms with E-state index in [4.69, 9.17) is 13.0 Å². The zero-order valence-electron chi connectivity index (χ0n) is 14.7. The summed E-state index contributed by atoms with van der Waals surface area (Å²) >= 11 is 5.74. The van der Waals surface area contributed by atoms with Gasteiger partial charge in [-0.05, 0) is 26.0 Å². The molecule has 0 bridgehead atoms. The Labute approximate surface area is 155 Å². The van der Waals surface area contributed by atoms with Gasteiger partial charge in [-0.3, -0.25) is 0 Å². The van der Waals surface area contributed by atoms with Gasteiger partial charge in [0.1, 0.15) is 22.9 Å². The van der Waals surface area contributed by atoms with Crippen LogP contribution in [0.3, 0.4) is 0 Å². The van der Waals surface area contributed by atoms with E-state index in [2.05, 4.69) is 19.9 Å². The molecule has 6 nitrogen and oxygen atoms in total. The molecule has 13 heteroatoms. The van der Waals surface area contributed by atoms with E-state index in [9.17, 15) is 26.3 Å². The van der Waals surface area contributed by atoms with Gasteiger partial charge in [0.15, 0.2) is 5.82 Å². The maximum atomic E-state index is 12.8. The predicted molar refractivity (Wildman–Crippen MR) is 86.3 cm³/mol. The quantitative estimate of drug-likeness (QED) is 0.560. The zero-order valence-corrected chi connectivity index (χ0v) is 14.5. The molecule has 2 atom stereocenters. The highest BCUT2D eigenvalue weighted by Gasteiger charge is 2.38. The standard InChI is InChI=1S/C14H13ClF6N6/c1-6(13(16,17)18)22-11-25-10(8-4-3-5-9(15)24-8)26-12(27-11)23-7(2)14(19,20)21/h3-7H,1-2H3,(H2,22,23,25,26,27)/i3D. The number of hydrogen-bond acceptors (Lipinski definition) is 6. The first-order chi connectivity index (χ1) is 12.8. The van der Waals surface area contributed by atoms with Crippen molar-refractivity contribution in [3.05, 3.63) is 23.3 Å². The summed E-state index contributed by atoms with van der Waals surface area (Å²) in [6, 6.07) is -1.95. The molecule has 2 heterocycles. The third-order valence-corrected chi connectivity index (χ3v) is 3.38. The first-order valence-corrected chi connectivity index (χ1v) is 7.70. The van der Waals surface area contributed by atoms with Crippen molar-refractivity contribution >= 4 is 23.5 Å². The van der Waals surface area contributed by atoms with Crippen LogP contribution in [0.15, 0.2) is 18.2 Å². The number of nitrogens with zero attached hydrogens (tertiary/aromatic N) is 4. The number of alkyl halides is 6. The molecular weight excluding hydrogens is 402 g/mol. The third-order valence-electron chi connectivity index (χ3n) is 3.19. The molecule has 0 aromatic carbocycles. The Balaban J connectivity index is 2.48. The van der Waals surface area contributed by atoms with Crippen molar-refractivity contribution in [3.63, 3.8) is 0 Å². The summed E-state index contributed by atoms with van der Waals surface area (Å²) in [4.78, 5) is 14.9. The summed E-state index contributed by atoms with van der Waals surface area (Å²) in [5.74, 6) is -1.61. The van der Waals surface area contributed by atoms with E-state index >= 15 is 0 Å². The maximum absolute atomic E-state index is 12.8. The molecule has 2 rings (SSSR count). The van der Waals surface area contributed by atoms with Crippen LogP contribution < -0.4 is 10.6 Å². The second-order valence-corrected chi connectivity index (χ2v) is 5.78. The summed E-state index contributed by atoms with van der Waals surface area (Å²) in [5.41, 5.74) is -0.120. The number of aromatic nitrogens is 4. The average molecular weight is 416 g/mol. The SMILES string of the molecule is [2H]c1cc(Cl)nc(-c2nc(NC(C)C(F)(F)F)nc(NC(C)C(F)(F)F)n2)c1. The highest BCUT2D eigenvalue weighted by Crippen LogP contribution is 2.26. The molecule has 0 aliphatic carbocycles. The fraction of sp³-hybridized carbons (Fsp3) is 0.429. The molecular formula is C14H13ClF6N6. The molecule has 0 saturated carbocycles. The summed E-state index contributed by atoms with van der Waals surface area (Å²) in [6.07, 6.45) is -9.30. The number of anilines is 2. The minimum absolute atomic E-state index is 0.105. The van der Waals surface area contributed by atoms with Crippen molar-refractivity contribution in [1.29, 1.82) is 0 Å². The fourth-order valence-electron chi connectivity index (χ4n) is 1.65. The van der Waals surface area contributed by atoms with Crippen molar-refractivity contribution in [2.45, 2.75) is 38.3 Å². The van der Waals surface area contributed by atoms with Gasteiger partial charge in [-0.25, -0.2) is 4.98 Å². The Morgan fingerprint density at radius 3 is 1.78 bits per heavy atom. The highest BCUT2D eigenvalue weighted by atomic mass is 35.5. The van der Waals surface area contributed by atoms with Crippen molar-refractivity contribution < 1.29 is 27.7 Å². The second kappa shape index (κ2) is 7.71. The van der Waals surface area contributed by atoms with Crippen molar-refractivity contribution in [1.82, 2.24) is 19.9 Å². The van der Waals surface area contributed by atoms with E-state index in [0.717, 1.165) is 19.9 Å². The lowest BCUT2D eigenvalue weighted by molar-refractivity contribution is -0.139. The molecule has 0 aliphatic rings. The monoisotopic (exact) mass is 415 g/mol. The van der Waals surface area contributed by atoms with Gasteiger partial charge < -0.3 is 10.6 Å². The Bertz CT molecular complexity index is 786. The first-order valence-electron chi connectivity index (χ1n) is 7.83. The van der Waals surface area contributed by atoms with Gasteiger partial charge in [0, 0.05) is 0 Å². The molecule has 27 heavy (non-hydrogen) atoms. The molecule has 0 amide bonds.